The molecule has 1 nitrogen and oxygen atoms in total. The predicted octanol–water partition coefficient (Wildman–Crippen LogP) is 3.16. The van der Waals surface area contributed by atoms with E-state index < -0.39 is 0 Å². The second-order valence-electron chi connectivity index (χ2n) is 4.43. The van der Waals surface area contributed by atoms with Crippen molar-refractivity contribution >= 4 is 0 Å². The lowest BCUT2D eigenvalue weighted by Gasteiger charge is -2.11. The van der Waals surface area contributed by atoms with Crippen LogP contribution in [0.2, 0.25) is 0 Å². The molecule has 1 heterocycles. The SMILES string of the molecule is CCCC1CC=C(C2CCOC2)C1. The van der Waals surface area contributed by atoms with Crippen molar-refractivity contribution in [2.45, 2.75) is 39.0 Å². The minimum Gasteiger partial charge on any atom is -0.381 e. The van der Waals surface area contributed by atoms with Crippen LogP contribution < -0.4 is 0 Å². The highest BCUT2D eigenvalue weighted by atomic mass is 16.5. The lowest BCUT2D eigenvalue weighted by Crippen LogP contribution is -2.03. The molecule has 2 atom stereocenters. The van der Waals surface area contributed by atoms with E-state index in [1.165, 1.54) is 32.1 Å². The molecule has 0 radical (unpaired) electrons. The Morgan fingerprint density at radius 3 is 3.15 bits per heavy atom. The van der Waals surface area contributed by atoms with E-state index >= 15 is 0 Å². The summed E-state index contributed by atoms with van der Waals surface area (Å²) in [6.45, 7) is 4.27. The van der Waals surface area contributed by atoms with E-state index in [1.54, 1.807) is 5.57 Å². The fourth-order valence-corrected chi connectivity index (χ4v) is 2.61. The van der Waals surface area contributed by atoms with Crippen LogP contribution in [-0.4, -0.2) is 13.2 Å². The van der Waals surface area contributed by atoms with Crippen molar-refractivity contribution in [1.29, 1.82) is 0 Å². The Bertz CT molecular complexity index is 189. The molecule has 1 saturated heterocycles. The molecule has 0 aromatic carbocycles. The highest BCUT2D eigenvalue weighted by Gasteiger charge is 2.25. The molecule has 74 valence electrons. The van der Waals surface area contributed by atoms with Crippen molar-refractivity contribution in [3.8, 4) is 0 Å². The Morgan fingerprint density at radius 2 is 2.46 bits per heavy atom. The first kappa shape index (κ1) is 9.26. The van der Waals surface area contributed by atoms with Gasteiger partial charge >= 0.3 is 0 Å². The maximum atomic E-state index is 5.42. The minimum absolute atomic E-state index is 0.779. The number of allylic oxidation sites excluding steroid dienone is 1. The molecule has 0 saturated carbocycles. The Labute approximate surface area is 81.2 Å². The molecule has 0 aromatic heterocycles. The Hall–Kier alpha value is -0.300. The van der Waals surface area contributed by atoms with Gasteiger partial charge in [0.05, 0.1) is 6.61 Å². The summed E-state index contributed by atoms with van der Waals surface area (Å²) in [6, 6.07) is 0. The van der Waals surface area contributed by atoms with E-state index in [0.29, 0.717) is 0 Å². The Morgan fingerprint density at radius 1 is 1.54 bits per heavy atom. The van der Waals surface area contributed by atoms with Crippen LogP contribution in [0.1, 0.15) is 39.0 Å². The van der Waals surface area contributed by atoms with E-state index in [1.807, 2.05) is 0 Å². The van der Waals surface area contributed by atoms with Gasteiger partial charge in [0.1, 0.15) is 0 Å². The average Bonchev–Trinajstić information content (AvgIpc) is 2.70. The molecule has 1 aliphatic heterocycles. The molecule has 1 fully saturated rings. The van der Waals surface area contributed by atoms with Gasteiger partial charge in [-0.2, -0.15) is 0 Å². The summed E-state index contributed by atoms with van der Waals surface area (Å²) in [4.78, 5) is 0. The normalized spacial score (nSPS) is 33.8. The van der Waals surface area contributed by atoms with Crippen LogP contribution in [0.3, 0.4) is 0 Å². The van der Waals surface area contributed by atoms with Gasteiger partial charge in [-0.3, -0.25) is 0 Å². The number of ether oxygens (including phenoxy) is 1. The highest BCUT2D eigenvalue weighted by Crippen LogP contribution is 2.35. The van der Waals surface area contributed by atoms with Crippen LogP contribution in [0.5, 0.6) is 0 Å². The van der Waals surface area contributed by atoms with E-state index in [9.17, 15) is 0 Å². The topological polar surface area (TPSA) is 9.23 Å². The Kier molecular flexibility index (Phi) is 3.05. The summed E-state index contributed by atoms with van der Waals surface area (Å²) < 4.78 is 5.42. The molecule has 13 heavy (non-hydrogen) atoms. The zero-order valence-electron chi connectivity index (χ0n) is 8.59. The van der Waals surface area contributed by atoms with Gasteiger partial charge in [0, 0.05) is 12.5 Å². The van der Waals surface area contributed by atoms with Gasteiger partial charge in [-0.25, -0.2) is 0 Å². The number of rotatable bonds is 3. The summed E-state index contributed by atoms with van der Waals surface area (Å²) in [5.41, 5.74) is 1.70. The standard InChI is InChI=1S/C12H20O/c1-2-3-10-4-5-11(8-10)12-6-7-13-9-12/h5,10,12H,2-4,6-9H2,1H3. The zero-order valence-corrected chi connectivity index (χ0v) is 8.59. The summed E-state index contributed by atoms with van der Waals surface area (Å²) in [5.74, 6) is 1.74. The molecule has 2 aliphatic rings. The maximum Gasteiger partial charge on any atom is 0.0532 e. The highest BCUT2D eigenvalue weighted by molar-refractivity contribution is 5.14. The van der Waals surface area contributed by atoms with E-state index in [2.05, 4.69) is 13.0 Å². The van der Waals surface area contributed by atoms with E-state index in [0.717, 1.165) is 25.0 Å². The van der Waals surface area contributed by atoms with Crippen LogP contribution in [-0.2, 0) is 4.74 Å². The van der Waals surface area contributed by atoms with Crippen molar-refractivity contribution < 1.29 is 4.74 Å². The van der Waals surface area contributed by atoms with Crippen LogP contribution in [0, 0.1) is 11.8 Å². The van der Waals surface area contributed by atoms with Gasteiger partial charge in [0.25, 0.3) is 0 Å². The zero-order chi connectivity index (χ0) is 9.10. The molecule has 0 N–H and O–H groups in total. The second kappa shape index (κ2) is 4.28. The van der Waals surface area contributed by atoms with Crippen molar-refractivity contribution in [2.75, 3.05) is 13.2 Å². The molecule has 2 unspecified atom stereocenters. The molecule has 0 bridgehead atoms. The molecule has 1 aliphatic carbocycles. The molecule has 2 rings (SSSR count). The average molecular weight is 180 g/mol. The lowest BCUT2D eigenvalue weighted by atomic mass is 9.93. The van der Waals surface area contributed by atoms with Gasteiger partial charge in [0.2, 0.25) is 0 Å². The van der Waals surface area contributed by atoms with Crippen LogP contribution in [0.4, 0.5) is 0 Å². The fourth-order valence-electron chi connectivity index (χ4n) is 2.61. The molecule has 1 heteroatoms. The monoisotopic (exact) mass is 180 g/mol. The van der Waals surface area contributed by atoms with Crippen LogP contribution in [0.25, 0.3) is 0 Å². The third kappa shape index (κ3) is 2.14. The van der Waals surface area contributed by atoms with Crippen molar-refractivity contribution in [1.82, 2.24) is 0 Å². The smallest absolute Gasteiger partial charge is 0.0532 e. The lowest BCUT2D eigenvalue weighted by molar-refractivity contribution is 0.189. The third-order valence-corrected chi connectivity index (χ3v) is 3.39. The van der Waals surface area contributed by atoms with Gasteiger partial charge < -0.3 is 4.74 Å². The summed E-state index contributed by atoms with van der Waals surface area (Å²) in [5, 5.41) is 0. The first-order valence-electron chi connectivity index (χ1n) is 5.66. The first-order chi connectivity index (χ1) is 6.40. The largest absolute Gasteiger partial charge is 0.381 e. The summed E-state index contributed by atoms with van der Waals surface area (Å²) in [7, 11) is 0. The van der Waals surface area contributed by atoms with Gasteiger partial charge in [-0.05, 0) is 25.2 Å². The molecule has 0 amide bonds. The Balaban J connectivity index is 1.82. The molecule has 0 spiro atoms. The fraction of sp³-hybridized carbons (Fsp3) is 0.833. The van der Waals surface area contributed by atoms with Crippen molar-refractivity contribution in [3.05, 3.63) is 11.6 Å². The van der Waals surface area contributed by atoms with Crippen LogP contribution in [0.15, 0.2) is 11.6 Å². The second-order valence-corrected chi connectivity index (χ2v) is 4.43. The van der Waals surface area contributed by atoms with Gasteiger partial charge in [0.15, 0.2) is 0 Å². The van der Waals surface area contributed by atoms with Gasteiger partial charge in [-0.1, -0.05) is 31.4 Å². The molecule has 0 aromatic rings. The summed E-state index contributed by atoms with van der Waals surface area (Å²) >= 11 is 0. The van der Waals surface area contributed by atoms with Crippen LogP contribution >= 0.6 is 0 Å². The number of hydrogen-bond donors (Lipinski definition) is 0. The maximum absolute atomic E-state index is 5.42. The molecular formula is C12H20O. The van der Waals surface area contributed by atoms with Gasteiger partial charge in [-0.15, -0.1) is 0 Å². The number of hydrogen-bond acceptors (Lipinski definition) is 1. The predicted molar refractivity (Wildman–Crippen MR) is 54.6 cm³/mol. The van der Waals surface area contributed by atoms with E-state index in [-0.39, 0.29) is 0 Å². The summed E-state index contributed by atoms with van der Waals surface area (Å²) in [6.07, 6.45) is 9.20. The van der Waals surface area contributed by atoms with E-state index in [4.69, 9.17) is 4.74 Å². The first-order valence-corrected chi connectivity index (χ1v) is 5.66. The van der Waals surface area contributed by atoms with Crippen molar-refractivity contribution in [2.24, 2.45) is 11.8 Å². The quantitative estimate of drug-likeness (QED) is 0.606. The molecular weight excluding hydrogens is 160 g/mol. The minimum atomic E-state index is 0.779. The van der Waals surface area contributed by atoms with Crippen molar-refractivity contribution in [3.63, 3.8) is 0 Å². The third-order valence-electron chi connectivity index (χ3n) is 3.39.